The molecular formula is C6H11NOS2. The van der Waals surface area contributed by atoms with Crippen LogP contribution in [0.2, 0.25) is 0 Å². The summed E-state index contributed by atoms with van der Waals surface area (Å²) in [5.41, 5.74) is 0. The van der Waals surface area contributed by atoms with Gasteiger partial charge in [-0.15, -0.1) is 23.5 Å². The van der Waals surface area contributed by atoms with E-state index < -0.39 is 0 Å². The summed E-state index contributed by atoms with van der Waals surface area (Å²) in [4.78, 5) is 12.8. The van der Waals surface area contributed by atoms with Crippen molar-refractivity contribution in [2.24, 2.45) is 0 Å². The SMILES string of the molecule is CC(=O)CN1CSCSC1. The molecular weight excluding hydrogens is 166 g/mol. The molecule has 0 aromatic carbocycles. The van der Waals surface area contributed by atoms with Crippen LogP contribution in [0.5, 0.6) is 0 Å². The fourth-order valence-corrected chi connectivity index (χ4v) is 2.90. The highest BCUT2D eigenvalue weighted by Crippen LogP contribution is 2.20. The van der Waals surface area contributed by atoms with E-state index in [4.69, 9.17) is 0 Å². The van der Waals surface area contributed by atoms with Gasteiger partial charge in [-0.2, -0.15) is 0 Å². The van der Waals surface area contributed by atoms with Crippen molar-refractivity contribution in [3.05, 3.63) is 0 Å². The first-order chi connectivity index (χ1) is 4.79. The van der Waals surface area contributed by atoms with E-state index in [2.05, 4.69) is 4.90 Å². The average Bonchev–Trinajstić information content (AvgIpc) is 1.88. The second kappa shape index (κ2) is 4.26. The Hall–Kier alpha value is 0.330. The molecule has 10 heavy (non-hydrogen) atoms. The lowest BCUT2D eigenvalue weighted by molar-refractivity contribution is -0.117. The predicted molar refractivity (Wildman–Crippen MR) is 47.2 cm³/mol. The van der Waals surface area contributed by atoms with Gasteiger partial charge in [-0.25, -0.2) is 0 Å². The molecule has 0 saturated carbocycles. The molecule has 0 unspecified atom stereocenters. The van der Waals surface area contributed by atoms with Crippen molar-refractivity contribution in [2.75, 3.05) is 23.4 Å². The highest BCUT2D eigenvalue weighted by Gasteiger charge is 2.11. The van der Waals surface area contributed by atoms with Gasteiger partial charge in [-0.3, -0.25) is 9.69 Å². The number of hydrogen-bond acceptors (Lipinski definition) is 4. The minimum Gasteiger partial charge on any atom is -0.299 e. The number of carbonyl (C=O) groups is 1. The third-order valence-corrected chi connectivity index (χ3v) is 3.59. The van der Waals surface area contributed by atoms with Crippen LogP contribution in [-0.2, 0) is 4.79 Å². The van der Waals surface area contributed by atoms with E-state index in [0.717, 1.165) is 11.8 Å². The van der Waals surface area contributed by atoms with Crippen LogP contribution in [0.15, 0.2) is 0 Å². The molecule has 0 aromatic rings. The van der Waals surface area contributed by atoms with Crippen molar-refractivity contribution < 1.29 is 4.79 Å². The Bertz CT molecular complexity index is 123. The Labute approximate surface area is 69.7 Å². The zero-order valence-electron chi connectivity index (χ0n) is 6.00. The molecule has 0 spiro atoms. The van der Waals surface area contributed by atoms with Crippen molar-refractivity contribution in [2.45, 2.75) is 6.92 Å². The fourth-order valence-electron chi connectivity index (χ4n) is 0.835. The molecule has 0 atom stereocenters. The van der Waals surface area contributed by atoms with Gasteiger partial charge in [0.15, 0.2) is 0 Å². The van der Waals surface area contributed by atoms with Gasteiger partial charge in [-0.1, -0.05) is 0 Å². The van der Waals surface area contributed by atoms with E-state index in [1.54, 1.807) is 6.92 Å². The van der Waals surface area contributed by atoms with Crippen LogP contribution in [0, 0.1) is 0 Å². The summed E-state index contributed by atoms with van der Waals surface area (Å²) in [6, 6.07) is 0. The minimum atomic E-state index is 0.267. The summed E-state index contributed by atoms with van der Waals surface area (Å²) in [5, 5.41) is 1.18. The Morgan fingerprint density at radius 1 is 1.50 bits per heavy atom. The van der Waals surface area contributed by atoms with E-state index >= 15 is 0 Å². The molecule has 0 bridgehead atoms. The van der Waals surface area contributed by atoms with Crippen LogP contribution >= 0.6 is 23.5 Å². The summed E-state index contributed by atoms with van der Waals surface area (Å²) < 4.78 is 0. The zero-order valence-corrected chi connectivity index (χ0v) is 7.63. The van der Waals surface area contributed by atoms with Gasteiger partial charge >= 0.3 is 0 Å². The largest absolute Gasteiger partial charge is 0.299 e. The first kappa shape index (κ1) is 8.43. The summed E-state index contributed by atoms with van der Waals surface area (Å²) in [7, 11) is 0. The molecule has 1 fully saturated rings. The van der Waals surface area contributed by atoms with Crippen molar-refractivity contribution in [1.82, 2.24) is 4.90 Å². The first-order valence-electron chi connectivity index (χ1n) is 3.16. The molecule has 0 aromatic heterocycles. The molecule has 1 saturated heterocycles. The van der Waals surface area contributed by atoms with E-state index in [1.165, 1.54) is 5.08 Å². The molecule has 0 radical (unpaired) electrons. The van der Waals surface area contributed by atoms with Gasteiger partial charge in [0.25, 0.3) is 0 Å². The normalized spacial score (nSPS) is 20.9. The molecule has 1 heterocycles. The van der Waals surface area contributed by atoms with Gasteiger partial charge in [0, 0.05) is 16.8 Å². The first-order valence-corrected chi connectivity index (χ1v) is 5.47. The molecule has 1 aliphatic rings. The van der Waals surface area contributed by atoms with Crippen molar-refractivity contribution in [1.29, 1.82) is 0 Å². The quantitative estimate of drug-likeness (QED) is 0.632. The van der Waals surface area contributed by atoms with Gasteiger partial charge in [0.1, 0.15) is 5.78 Å². The van der Waals surface area contributed by atoms with Crippen LogP contribution in [0.1, 0.15) is 6.92 Å². The number of ketones is 1. The maximum absolute atomic E-state index is 10.7. The summed E-state index contributed by atoms with van der Waals surface area (Å²) >= 11 is 3.76. The number of Topliss-reactive ketones (excluding diaryl/α,β-unsaturated/α-hetero) is 1. The molecule has 4 heteroatoms. The Balaban J connectivity index is 2.19. The average molecular weight is 177 g/mol. The van der Waals surface area contributed by atoms with Crippen molar-refractivity contribution in [3.63, 3.8) is 0 Å². The molecule has 0 N–H and O–H groups in total. The highest BCUT2D eigenvalue weighted by molar-refractivity contribution is 8.16. The Morgan fingerprint density at radius 3 is 2.60 bits per heavy atom. The summed E-state index contributed by atoms with van der Waals surface area (Å²) in [6.07, 6.45) is 0. The van der Waals surface area contributed by atoms with E-state index in [-0.39, 0.29) is 5.78 Å². The maximum atomic E-state index is 10.7. The van der Waals surface area contributed by atoms with Crippen LogP contribution in [0.4, 0.5) is 0 Å². The van der Waals surface area contributed by atoms with Crippen LogP contribution in [-0.4, -0.2) is 34.1 Å². The third kappa shape index (κ3) is 2.94. The van der Waals surface area contributed by atoms with E-state index in [0.29, 0.717) is 6.54 Å². The molecule has 0 amide bonds. The van der Waals surface area contributed by atoms with Crippen LogP contribution in [0.25, 0.3) is 0 Å². The number of hydrogen-bond donors (Lipinski definition) is 0. The standard InChI is InChI=1S/C6H11NOS2/c1-6(8)2-7-3-9-5-10-4-7/h2-5H2,1H3. The topological polar surface area (TPSA) is 20.3 Å². The van der Waals surface area contributed by atoms with E-state index in [1.807, 2.05) is 23.5 Å². The second-order valence-corrected chi connectivity index (χ2v) is 4.59. The van der Waals surface area contributed by atoms with Gasteiger partial charge in [0.05, 0.1) is 6.54 Å². The molecule has 0 aliphatic carbocycles. The Morgan fingerprint density at radius 2 is 2.10 bits per heavy atom. The number of thioether (sulfide) groups is 2. The highest BCUT2D eigenvalue weighted by atomic mass is 32.2. The third-order valence-electron chi connectivity index (χ3n) is 1.16. The second-order valence-electron chi connectivity index (χ2n) is 2.32. The lowest BCUT2D eigenvalue weighted by Gasteiger charge is -2.23. The number of nitrogens with zero attached hydrogens (tertiary/aromatic N) is 1. The van der Waals surface area contributed by atoms with E-state index in [9.17, 15) is 4.79 Å². The predicted octanol–water partition coefficient (Wildman–Crippen LogP) is 1.23. The number of rotatable bonds is 2. The molecule has 58 valence electrons. The summed E-state index contributed by atoms with van der Waals surface area (Å²) in [5.74, 6) is 2.31. The summed E-state index contributed by atoms with van der Waals surface area (Å²) in [6.45, 7) is 2.27. The van der Waals surface area contributed by atoms with Crippen molar-refractivity contribution >= 4 is 29.3 Å². The number of carbonyl (C=O) groups excluding carboxylic acids is 1. The van der Waals surface area contributed by atoms with Gasteiger partial charge in [-0.05, 0) is 6.92 Å². The fraction of sp³-hybridized carbons (Fsp3) is 0.833. The monoisotopic (exact) mass is 177 g/mol. The van der Waals surface area contributed by atoms with Gasteiger partial charge in [0.2, 0.25) is 0 Å². The maximum Gasteiger partial charge on any atom is 0.143 e. The van der Waals surface area contributed by atoms with Crippen LogP contribution < -0.4 is 0 Å². The minimum absolute atomic E-state index is 0.267. The molecule has 1 aliphatic heterocycles. The lowest BCUT2D eigenvalue weighted by Crippen LogP contribution is -2.30. The molecule has 1 rings (SSSR count). The zero-order chi connectivity index (χ0) is 7.40. The van der Waals surface area contributed by atoms with Gasteiger partial charge < -0.3 is 0 Å². The molecule has 2 nitrogen and oxygen atoms in total. The lowest BCUT2D eigenvalue weighted by atomic mass is 10.4. The smallest absolute Gasteiger partial charge is 0.143 e. The van der Waals surface area contributed by atoms with Crippen molar-refractivity contribution in [3.8, 4) is 0 Å². The Kier molecular flexibility index (Phi) is 3.59. The van der Waals surface area contributed by atoms with Crippen LogP contribution in [0.3, 0.4) is 0 Å².